The van der Waals surface area contributed by atoms with Crippen LogP contribution in [0.25, 0.3) is 0 Å². The molecule has 4 heterocycles. The first-order valence-electron chi connectivity index (χ1n) is 10.3. The Bertz CT molecular complexity index is 788. The van der Waals surface area contributed by atoms with E-state index in [-0.39, 0.29) is 0 Å². The molecule has 3 fully saturated rings. The summed E-state index contributed by atoms with van der Waals surface area (Å²) < 4.78 is 11.2. The van der Waals surface area contributed by atoms with Gasteiger partial charge in [-0.15, -0.1) is 10.2 Å². The lowest BCUT2D eigenvalue weighted by atomic mass is 10.1. The highest BCUT2D eigenvalue weighted by Crippen LogP contribution is 2.39. The van der Waals surface area contributed by atoms with E-state index in [1.807, 2.05) is 12.3 Å². The number of hydrogen-bond acceptors (Lipinski definition) is 9. The number of nitrogens with zero attached hydrogens (tertiary/aromatic N) is 6. The number of piperidine rings is 1. The van der Waals surface area contributed by atoms with Crippen LogP contribution in [0.4, 0.5) is 11.8 Å². The van der Waals surface area contributed by atoms with Gasteiger partial charge in [-0.05, 0) is 38.3 Å². The van der Waals surface area contributed by atoms with E-state index in [1.165, 1.54) is 12.8 Å². The highest BCUT2D eigenvalue weighted by atomic mass is 16.5. The number of aromatic nitrogens is 4. The van der Waals surface area contributed by atoms with E-state index in [0.717, 1.165) is 82.3 Å². The Labute approximate surface area is 164 Å². The third-order valence-corrected chi connectivity index (χ3v) is 5.56. The maximum absolute atomic E-state index is 5.83. The number of rotatable bonds is 6. The monoisotopic (exact) mass is 385 g/mol. The third-order valence-electron chi connectivity index (χ3n) is 5.56. The molecular weight excluding hydrogens is 358 g/mol. The van der Waals surface area contributed by atoms with E-state index < -0.39 is 0 Å². The van der Waals surface area contributed by atoms with Gasteiger partial charge in [0, 0.05) is 37.8 Å². The first kappa shape index (κ1) is 17.8. The zero-order valence-corrected chi connectivity index (χ0v) is 16.1. The Morgan fingerprint density at radius 1 is 1.11 bits per heavy atom. The first-order chi connectivity index (χ1) is 13.8. The molecule has 0 bridgehead atoms. The van der Waals surface area contributed by atoms with Gasteiger partial charge in [-0.25, -0.2) is 4.98 Å². The molecule has 0 amide bonds. The lowest BCUT2D eigenvalue weighted by Gasteiger charge is -2.32. The topological polar surface area (TPSA) is 92.4 Å². The number of ether oxygens (including phenoxy) is 1. The summed E-state index contributed by atoms with van der Waals surface area (Å²) in [5, 5.41) is 12.0. The van der Waals surface area contributed by atoms with Gasteiger partial charge in [0.1, 0.15) is 5.82 Å². The summed E-state index contributed by atoms with van der Waals surface area (Å²) in [6.45, 7) is 5.87. The predicted molar refractivity (Wildman–Crippen MR) is 103 cm³/mol. The van der Waals surface area contributed by atoms with Gasteiger partial charge in [-0.3, -0.25) is 4.90 Å². The zero-order valence-electron chi connectivity index (χ0n) is 16.1. The van der Waals surface area contributed by atoms with Gasteiger partial charge in [0.05, 0.1) is 19.8 Å². The lowest BCUT2D eigenvalue weighted by molar-refractivity contribution is 0.122. The number of anilines is 2. The van der Waals surface area contributed by atoms with Gasteiger partial charge >= 0.3 is 0 Å². The largest absolute Gasteiger partial charge is 0.424 e. The molecule has 9 nitrogen and oxygen atoms in total. The van der Waals surface area contributed by atoms with Gasteiger partial charge in [0.25, 0.3) is 0 Å². The molecule has 0 radical (unpaired) electrons. The van der Waals surface area contributed by atoms with Crippen molar-refractivity contribution in [2.24, 2.45) is 0 Å². The van der Waals surface area contributed by atoms with Crippen LogP contribution in [0, 0.1) is 0 Å². The van der Waals surface area contributed by atoms with Crippen LogP contribution in [0.1, 0.15) is 43.4 Å². The average Bonchev–Trinajstić information content (AvgIpc) is 3.49. The van der Waals surface area contributed by atoms with E-state index in [0.29, 0.717) is 12.0 Å². The quantitative estimate of drug-likeness (QED) is 0.796. The summed E-state index contributed by atoms with van der Waals surface area (Å²) in [7, 11) is 0. The van der Waals surface area contributed by atoms with Crippen LogP contribution in [-0.2, 0) is 11.3 Å². The van der Waals surface area contributed by atoms with E-state index in [4.69, 9.17) is 14.1 Å². The van der Waals surface area contributed by atoms with Crippen LogP contribution in [0.3, 0.4) is 0 Å². The number of hydrogen-bond donors (Lipinski definition) is 1. The van der Waals surface area contributed by atoms with Crippen LogP contribution < -0.4 is 10.2 Å². The normalized spacial score (nSPS) is 23.7. The van der Waals surface area contributed by atoms with Crippen molar-refractivity contribution in [2.45, 2.75) is 44.2 Å². The second kappa shape index (κ2) is 8.00. The van der Waals surface area contributed by atoms with Crippen molar-refractivity contribution < 1.29 is 9.15 Å². The van der Waals surface area contributed by atoms with E-state index in [9.17, 15) is 0 Å². The zero-order chi connectivity index (χ0) is 18.8. The SMILES string of the molecule is c1cc(NC2CCCN(Cc3nnc(C4CC4)o3)C2)nc(N2CCOCC2)n1. The van der Waals surface area contributed by atoms with E-state index in [2.05, 4.69) is 30.3 Å². The molecule has 1 aliphatic carbocycles. The molecule has 1 saturated carbocycles. The van der Waals surface area contributed by atoms with Gasteiger partial charge < -0.3 is 19.4 Å². The van der Waals surface area contributed by atoms with E-state index >= 15 is 0 Å². The fraction of sp³-hybridized carbons (Fsp3) is 0.684. The Morgan fingerprint density at radius 3 is 2.86 bits per heavy atom. The van der Waals surface area contributed by atoms with Crippen molar-refractivity contribution in [1.29, 1.82) is 0 Å². The standard InChI is InChI=1S/C19H27N7O2/c1-2-15(12-25(7-1)13-17-23-24-18(28-17)14-3-4-14)21-16-5-6-20-19(22-16)26-8-10-27-11-9-26/h5-6,14-15H,1-4,7-13H2,(H,20,21,22). The molecule has 2 saturated heterocycles. The Balaban J connectivity index is 1.18. The smallest absolute Gasteiger partial charge is 0.230 e. The highest BCUT2D eigenvalue weighted by molar-refractivity contribution is 5.42. The molecule has 2 aliphatic heterocycles. The number of morpholine rings is 1. The van der Waals surface area contributed by atoms with Gasteiger partial charge in [0.15, 0.2) is 0 Å². The Morgan fingerprint density at radius 2 is 2.00 bits per heavy atom. The molecule has 5 rings (SSSR count). The minimum atomic E-state index is 0.354. The van der Waals surface area contributed by atoms with Crippen LogP contribution in [-0.4, -0.2) is 70.5 Å². The van der Waals surface area contributed by atoms with Crippen LogP contribution in [0.2, 0.25) is 0 Å². The molecule has 9 heteroatoms. The minimum Gasteiger partial charge on any atom is -0.424 e. The Hall–Kier alpha value is -2.26. The van der Waals surface area contributed by atoms with Crippen molar-refractivity contribution in [2.75, 3.05) is 49.6 Å². The summed E-state index contributed by atoms with van der Waals surface area (Å²) in [5.41, 5.74) is 0. The van der Waals surface area contributed by atoms with Crippen LogP contribution in [0.15, 0.2) is 16.7 Å². The predicted octanol–water partition coefficient (Wildman–Crippen LogP) is 1.65. The van der Waals surface area contributed by atoms with E-state index in [1.54, 1.807) is 0 Å². The second-order valence-corrected chi connectivity index (χ2v) is 7.87. The molecule has 1 N–H and O–H groups in total. The minimum absolute atomic E-state index is 0.354. The second-order valence-electron chi connectivity index (χ2n) is 7.87. The molecule has 3 aliphatic rings. The first-order valence-corrected chi connectivity index (χ1v) is 10.3. The van der Waals surface area contributed by atoms with Crippen LogP contribution in [0.5, 0.6) is 0 Å². The molecular formula is C19H27N7O2. The molecule has 2 aromatic heterocycles. The summed E-state index contributed by atoms with van der Waals surface area (Å²) >= 11 is 0. The van der Waals surface area contributed by atoms with Crippen molar-refractivity contribution in [1.82, 2.24) is 25.1 Å². The summed E-state index contributed by atoms with van der Waals surface area (Å²) in [6, 6.07) is 2.30. The van der Waals surface area contributed by atoms with Crippen molar-refractivity contribution in [3.05, 3.63) is 24.0 Å². The maximum Gasteiger partial charge on any atom is 0.230 e. The highest BCUT2D eigenvalue weighted by Gasteiger charge is 2.30. The molecule has 0 aromatic carbocycles. The molecule has 1 atom stereocenters. The van der Waals surface area contributed by atoms with Crippen molar-refractivity contribution >= 4 is 11.8 Å². The summed E-state index contributed by atoms with van der Waals surface area (Å²) in [4.78, 5) is 13.7. The average molecular weight is 385 g/mol. The fourth-order valence-corrected chi connectivity index (χ4v) is 3.89. The molecule has 0 spiro atoms. The third kappa shape index (κ3) is 4.25. The Kier molecular flexibility index (Phi) is 5.09. The van der Waals surface area contributed by atoms with Gasteiger partial charge in [0.2, 0.25) is 17.7 Å². The van der Waals surface area contributed by atoms with Crippen molar-refractivity contribution in [3.8, 4) is 0 Å². The molecule has 2 aromatic rings. The molecule has 1 unspecified atom stereocenters. The molecule has 28 heavy (non-hydrogen) atoms. The summed E-state index contributed by atoms with van der Waals surface area (Å²) in [6.07, 6.45) is 6.47. The van der Waals surface area contributed by atoms with Crippen LogP contribution >= 0.6 is 0 Å². The summed E-state index contributed by atoms with van der Waals surface area (Å²) in [5.74, 6) is 3.73. The number of likely N-dealkylation sites (tertiary alicyclic amines) is 1. The van der Waals surface area contributed by atoms with Crippen molar-refractivity contribution in [3.63, 3.8) is 0 Å². The van der Waals surface area contributed by atoms with Gasteiger partial charge in [-0.2, -0.15) is 4.98 Å². The fourth-order valence-electron chi connectivity index (χ4n) is 3.89. The van der Waals surface area contributed by atoms with Gasteiger partial charge in [-0.1, -0.05) is 0 Å². The molecule has 150 valence electrons. The number of nitrogens with one attached hydrogen (secondary N) is 1. The maximum atomic E-state index is 5.83. The lowest BCUT2D eigenvalue weighted by Crippen LogP contribution is -2.42.